The van der Waals surface area contributed by atoms with Gasteiger partial charge in [-0.25, -0.2) is 0 Å². The second-order valence-corrected chi connectivity index (χ2v) is 7.73. The van der Waals surface area contributed by atoms with Crippen molar-refractivity contribution in [3.05, 3.63) is 57.0 Å². The van der Waals surface area contributed by atoms with Gasteiger partial charge in [-0.15, -0.1) is 5.10 Å². The standard InChI is InChI=1S/C24H23N5O8/c1-5-36-15-7-11(6-14(21(15)30)29(31)32)18-13(10-25)23(26)37-24-19(18)20(27-28-24)12-8-16(33-2)22(35-4)17(9-12)34-3/h6-9,18,30H,5,26H2,1-4H3,(H,27,28)/t18-/m1/s1. The Morgan fingerprint density at radius 1 is 1.19 bits per heavy atom. The van der Waals surface area contributed by atoms with E-state index in [4.69, 9.17) is 29.4 Å². The Labute approximate surface area is 210 Å². The third-order valence-electron chi connectivity index (χ3n) is 5.80. The molecule has 4 N–H and O–H groups in total. The van der Waals surface area contributed by atoms with Crippen molar-refractivity contribution in [1.29, 1.82) is 5.26 Å². The number of nitrogens with zero attached hydrogens (tertiary/aromatic N) is 3. The molecule has 37 heavy (non-hydrogen) atoms. The van der Waals surface area contributed by atoms with Crippen molar-refractivity contribution < 1.29 is 33.7 Å². The Balaban J connectivity index is 2.01. The summed E-state index contributed by atoms with van der Waals surface area (Å²) in [7, 11) is 4.41. The summed E-state index contributed by atoms with van der Waals surface area (Å²) in [6.07, 6.45) is 0. The number of H-pyrrole nitrogens is 1. The van der Waals surface area contributed by atoms with Gasteiger partial charge in [0.25, 0.3) is 0 Å². The molecule has 0 saturated heterocycles. The zero-order chi connectivity index (χ0) is 26.9. The molecule has 0 spiro atoms. The van der Waals surface area contributed by atoms with Gasteiger partial charge in [0.1, 0.15) is 11.6 Å². The third-order valence-corrected chi connectivity index (χ3v) is 5.80. The smallest absolute Gasteiger partial charge is 0.314 e. The Kier molecular flexibility index (Phi) is 6.66. The molecular weight excluding hydrogens is 486 g/mol. The van der Waals surface area contributed by atoms with Gasteiger partial charge in [0, 0.05) is 11.6 Å². The normalized spacial score (nSPS) is 14.3. The molecule has 0 bridgehead atoms. The average Bonchev–Trinajstić information content (AvgIpc) is 3.31. The van der Waals surface area contributed by atoms with E-state index in [0.29, 0.717) is 34.1 Å². The van der Waals surface area contributed by atoms with Gasteiger partial charge in [-0.05, 0) is 30.7 Å². The monoisotopic (exact) mass is 509 g/mol. The molecule has 1 atom stereocenters. The lowest BCUT2D eigenvalue weighted by molar-refractivity contribution is -0.386. The van der Waals surface area contributed by atoms with Crippen molar-refractivity contribution in [2.75, 3.05) is 27.9 Å². The molecule has 1 aromatic heterocycles. The molecular formula is C24H23N5O8. The number of rotatable bonds is 8. The summed E-state index contributed by atoms with van der Waals surface area (Å²) in [5.41, 5.74) is 7.02. The van der Waals surface area contributed by atoms with E-state index in [1.165, 1.54) is 27.4 Å². The lowest BCUT2D eigenvalue weighted by Crippen LogP contribution is -2.21. The van der Waals surface area contributed by atoms with Gasteiger partial charge in [0.05, 0.1) is 50.0 Å². The van der Waals surface area contributed by atoms with Gasteiger partial charge in [-0.2, -0.15) is 5.26 Å². The van der Waals surface area contributed by atoms with E-state index in [0.717, 1.165) is 6.07 Å². The van der Waals surface area contributed by atoms with Gasteiger partial charge in [0.2, 0.25) is 23.3 Å². The van der Waals surface area contributed by atoms with Crippen molar-refractivity contribution in [3.63, 3.8) is 0 Å². The number of nitrogens with two attached hydrogens (primary N) is 1. The highest BCUT2D eigenvalue weighted by molar-refractivity contribution is 5.75. The zero-order valence-corrected chi connectivity index (χ0v) is 20.3. The van der Waals surface area contributed by atoms with Crippen LogP contribution < -0.4 is 29.4 Å². The quantitative estimate of drug-likeness (QED) is 0.298. The average molecular weight is 509 g/mol. The molecule has 0 aliphatic carbocycles. The molecule has 1 aliphatic rings. The minimum atomic E-state index is -0.958. The van der Waals surface area contributed by atoms with E-state index in [2.05, 4.69) is 10.2 Å². The van der Waals surface area contributed by atoms with Crippen LogP contribution in [-0.4, -0.2) is 48.2 Å². The van der Waals surface area contributed by atoms with Gasteiger partial charge in [-0.1, -0.05) is 0 Å². The van der Waals surface area contributed by atoms with E-state index in [-0.39, 0.29) is 35.3 Å². The number of phenolic OH excluding ortho intramolecular Hbond substituents is 1. The van der Waals surface area contributed by atoms with Crippen LogP contribution in [0, 0.1) is 21.4 Å². The molecule has 13 heteroatoms. The van der Waals surface area contributed by atoms with Crippen molar-refractivity contribution in [2.45, 2.75) is 12.8 Å². The summed E-state index contributed by atoms with van der Waals surface area (Å²) in [6.45, 7) is 1.81. The van der Waals surface area contributed by atoms with Gasteiger partial charge in [-0.3, -0.25) is 15.2 Å². The van der Waals surface area contributed by atoms with Crippen LogP contribution in [-0.2, 0) is 0 Å². The molecule has 3 aromatic rings. The number of methoxy groups -OCH3 is 3. The first-order chi connectivity index (χ1) is 17.8. The molecule has 2 aromatic carbocycles. The highest BCUT2D eigenvalue weighted by Gasteiger charge is 2.38. The molecule has 0 radical (unpaired) electrons. The largest absolute Gasteiger partial charge is 0.500 e. The van der Waals surface area contributed by atoms with E-state index in [9.17, 15) is 20.5 Å². The molecule has 4 rings (SSSR count). The number of nitro benzene ring substituents is 1. The maximum atomic E-state index is 11.7. The van der Waals surface area contributed by atoms with Gasteiger partial charge < -0.3 is 34.5 Å². The first-order valence-corrected chi connectivity index (χ1v) is 10.9. The number of aromatic nitrogens is 2. The number of hydrogen-bond acceptors (Lipinski definition) is 11. The van der Waals surface area contributed by atoms with Crippen LogP contribution in [0.4, 0.5) is 5.69 Å². The maximum absolute atomic E-state index is 11.7. The van der Waals surface area contributed by atoms with E-state index in [1.54, 1.807) is 19.1 Å². The molecule has 1 aliphatic heterocycles. The maximum Gasteiger partial charge on any atom is 0.314 e. The third kappa shape index (κ3) is 4.14. The first-order valence-electron chi connectivity index (χ1n) is 10.9. The van der Waals surface area contributed by atoms with Crippen LogP contribution in [0.5, 0.6) is 34.6 Å². The number of benzene rings is 2. The summed E-state index contributed by atoms with van der Waals surface area (Å²) >= 11 is 0. The van der Waals surface area contributed by atoms with Crippen LogP contribution >= 0.6 is 0 Å². The topological polar surface area (TPSA) is 188 Å². The van der Waals surface area contributed by atoms with E-state index >= 15 is 0 Å². The number of aromatic hydroxyl groups is 1. The number of fused-ring (bicyclic) bond motifs is 1. The molecule has 13 nitrogen and oxygen atoms in total. The van der Waals surface area contributed by atoms with Crippen molar-refractivity contribution >= 4 is 5.69 Å². The fourth-order valence-electron chi connectivity index (χ4n) is 4.21. The fraction of sp³-hybridized carbons (Fsp3) is 0.250. The van der Waals surface area contributed by atoms with Crippen molar-refractivity contribution in [1.82, 2.24) is 10.2 Å². The number of ether oxygens (including phenoxy) is 5. The molecule has 0 saturated carbocycles. The molecule has 0 amide bonds. The molecule has 0 fully saturated rings. The SMILES string of the molecule is CCOc1cc([C@@H]2C(C#N)=C(N)Oc3n[nH]c(-c4cc(OC)c(OC)c(OC)c4)c32)cc([N+](=O)[O-])c1O. The van der Waals surface area contributed by atoms with E-state index < -0.39 is 22.3 Å². The number of phenols is 1. The van der Waals surface area contributed by atoms with Crippen LogP contribution in [0.1, 0.15) is 24.0 Å². The Bertz CT molecular complexity index is 1430. The number of aromatic amines is 1. The van der Waals surface area contributed by atoms with Gasteiger partial charge >= 0.3 is 5.69 Å². The highest BCUT2D eigenvalue weighted by atomic mass is 16.6. The molecule has 2 heterocycles. The lowest BCUT2D eigenvalue weighted by atomic mass is 9.82. The number of nitrogens with one attached hydrogen (secondary N) is 1. The number of nitriles is 1. The van der Waals surface area contributed by atoms with Crippen LogP contribution in [0.25, 0.3) is 11.3 Å². The second kappa shape index (κ2) is 9.86. The molecule has 192 valence electrons. The summed E-state index contributed by atoms with van der Waals surface area (Å²) in [6, 6.07) is 7.96. The predicted molar refractivity (Wildman–Crippen MR) is 129 cm³/mol. The number of hydrogen-bond donors (Lipinski definition) is 3. The Hall–Kier alpha value is -5.12. The molecule has 0 unspecified atom stereocenters. The van der Waals surface area contributed by atoms with Crippen LogP contribution in [0.2, 0.25) is 0 Å². The fourth-order valence-corrected chi connectivity index (χ4v) is 4.21. The van der Waals surface area contributed by atoms with E-state index in [1.807, 2.05) is 6.07 Å². The minimum Gasteiger partial charge on any atom is -0.500 e. The highest BCUT2D eigenvalue weighted by Crippen LogP contribution is 2.50. The lowest BCUT2D eigenvalue weighted by Gasteiger charge is -2.25. The summed E-state index contributed by atoms with van der Waals surface area (Å²) < 4.78 is 27.4. The van der Waals surface area contributed by atoms with Crippen LogP contribution in [0.15, 0.2) is 35.7 Å². The number of allylic oxidation sites excluding steroid dienone is 1. The predicted octanol–water partition coefficient (Wildman–Crippen LogP) is 3.33. The van der Waals surface area contributed by atoms with Gasteiger partial charge in [0.15, 0.2) is 17.2 Å². The second-order valence-electron chi connectivity index (χ2n) is 7.73. The van der Waals surface area contributed by atoms with Crippen LogP contribution in [0.3, 0.4) is 0 Å². The Morgan fingerprint density at radius 3 is 2.41 bits per heavy atom. The minimum absolute atomic E-state index is 0.00923. The summed E-state index contributed by atoms with van der Waals surface area (Å²) in [4.78, 5) is 11.0. The van der Waals surface area contributed by atoms with Crippen molar-refractivity contribution in [3.8, 4) is 52.0 Å². The zero-order valence-electron chi connectivity index (χ0n) is 20.3. The summed E-state index contributed by atoms with van der Waals surface area (Å²) in [5.74, 6) is -0.752. The van der Waals surface area contributed by atoms with Crippen molar-refractivity contribution in [2.24, 2.45) is 5.73 Å². The Morgan fingerprint density at radius 2 is 1.86 bits per heavy atom. The number of nitro groups is 1. The summed E-state index contributed by atoms with van der Waals surface area (Å²) in [5, 5.41) is 39.2. The first kappa shape index (κ1) is 25.0.